The van der Waals surface area contributed by atoms with Crippen LogP contribution in [0.5, 0.6) is 5.75 Å². The standard InChI is InChI=1S/C18H26FNO/c1-20(2)11-18-13-5-4-12(6-13)7-17(18)14-8-15(19)10-16(9-14)21-3/h8-10,12-13,17-18H,4-7,11H2,1-3H3/t12?,13-,17?,18?/m0/s1. The zero-order valence-electron chi connectivity index (χ0n) is 13.3. The molecule has 0 heterocycles. The Bertz CT molecular complexity index is 502. The van der Waals surface area contributed by atoms with E-state index in [-0.39, 0.29) is 5.82 Å². The molecule has 0 radical (unpaired) electrons. The van der Waals surface area contributed by atoms with Crippen LogP contribution in [0.1, 0.15) is 37.2 Å². The first-order chi connectivity index (χ1) is 10.1. The molecule has 2 nitrogen and oxygen atoms in total. The average Bonchev–Trinajstić information content (AvgIpc) is 2.83. The zero-order chi connectivity index (χ0) is 15.0. The maximum Gasteiger partial charge on any atom is 0.127 e. The molecule has 1 aromatic rings. The van der Waals surface area contributed by atoms with Crippen LogP contribution >= 0.6 is 0 Å². The number of fused-ring (bicyclic) bond motifs is 2. The van der Waals surface area contributed by atoms with Gasteiger partial charge in [-0.05, 0) is 74.7 Å². The van der Waals surface area contributed by atoms with Gasteiger partial charge in [0.1, 0.15) is 11.6 Å². The summed E-state index contributed by atoms with van der Waals surface area (Å²) in [6, 6.07) is 5.24. The van der Waals surface area contributed by atoms with Gasteiger partial charge in [0.25, 0.3) is 0 Å². The van der Waals surface area contributed by atoms with E-state index >= 15 is 0 Å². The SMILES string of the molecule is COc1cc(F)cc(C2CC3CC[C@@H](C3)C2CN(C)C)c1. The Morgan fingerprint density at radius 2 is 2.00 bits per heavy atom. The third kappa shape index (κ3) is 3.08. The van der Waals surface area contributed by atoms with E-state index in [0.717, 1.165) is 23.9 Å². The highest BCUT2D eigenvalue weighted by Crippen LogP contribution is 2.52. The summed E-state index contributed by atoms with van der Waals surface area (Å²) in [4.78, 5) is 2.28. The first kappa shape index (κ1) is 14.8. The molecule has 2 saturated carbocycles. The summed E-state index contributed by atoms with van der Waals surface area (Å²) in [5.74, 6) is 3.24. The van der Waals surface area contributed by atoms with E-state index in [1.165, 1.54) is 31.7 Å². The Morgan fingerprint density at radius 3 is 2.71 bits per heavy atom. The number of nitrogens with zero attached hydrogens (tertiary/aromatic N) is 1. The minimum atomic E-state index is -0.175. The largest absolute Gasteiger partial charge is 0.497 e. The molecule has 0 amide bonds. The van der Waals surface area contributed by atoms with E-state index < -0.39 is 0 Å². The molecule has 2 aliphatic carbocycles. The van der Waals surface area contributed by atoms with Crippen molar-refractivity contribution < 1.29 is 9.13 Å². The molecule has 2 bridgehead atoms. The number of hydrogen-bond acceptors (Lipinski definition) is 2. The van der Waals surface area contributed by atoms with Crippen LogP contribution in [0.2, 0.25) is 0 Å². The fourth-order valence-corrected chi connectivity index (χ4v) is 4.58. The molecular formula is C18H26FNO. The lowest BCUT2D eigenvalue weighted by atomic mass is 9.69. The van der Waals surface area contributed by atoms with Crippen LogP contribution in [0, 0.1) is 23.6 Å². The topological polar surface area (TPSA) is 12.5 Å². The van der Waals surface area contributed by atoms with Crippen molar-refractivity contribution in [2.24, 2.45) is 17.8 Å². The Kier molecular flexibility index (Phi) is 4.21. The summed E-state index contributed by atoms with van der Waals surface area (Å²) in [7, 11) is 5.90. The fraction of sp³-hybridized carbons (Fsp3) is 0.667. The number of rotatable bonds is 4. The molecule has 0 aliphatic heterocycles. The lowest BCUT2D eigenvalue weighted by molar-refractivity contribution is 0.164. The van der Waals surface area contributed by atoms with Gasteiger partial charge in [0.2, 0.25) is 0 Å². The van der Waals surface area contributed by atoms with Crippen molar-refractivity contribution in [3.8, 4) is 5.75 Å². The first-order valence-corrected chi connectivity index (χ1v) is 8.06. The number of benzene rings is 1. The van der Waals surface area contributed by atoms with Gasteiger partial charge in [-0.25, -0.2) is 4.39 Å². The molecule has 3 unspecified atom stereocenters. The molecule has 2 aliphatic rings. The van der Waals surface area contributed by atoms with Crippen molar-refractivity contribution in [2.75, 3.05) is 27.7 Å². The summed E-state index contributed by atoms with van der Waals surface area (Å²) in [5, 5.41) is 0. The van der Waals surface area contributed by atoms with E-state index in [9.17, 15) is 4.39 Å². The van der Waals surface area contributed by atoms with Gasteiger partial charge >= 0.3 is 0 Å². The summed E-state index contributed by atoms with van der Waals surface area (Å²) in [6.45, 7) is 1.10. The molecule has 3 heteroatoms. The van der Waals surface area contributed by atoms with Crippen molar-refractivity contribution in [3.63, 3.8) is 0 Å². The predicted octanol–water partition coefficient (Wildman–Crippen LogP) is 3.92. The Labute approximate surface area is 127 Å². The molecule has 0 saturated heterocycles. The second-order valence-corrected chi connectivity index (χ2v) is 7.13. The van der Waals surface area contributed by atoms with Gasteiger partial charge in [0, 0.05) is 12.6 Å². The van der Waals surface area contributed by atoms with Gasteiger partial charge in [0.05, 0.1) is 7.11 Å². The van der Waals surface area contributed by atoms with E-state index in [1.54, 1.807) is 13.2 Å². The van der Waals surface area contributed by atoms with Crippen molar-refractivity contribution in [1.29, 1.82) is 0 Å². The van der Waals surface area contributed by atoms with Crippen LogP contribution in [0.4, 0.5) is 4.39 Å². The average molecular weight is 291 g/mol. The number of hydrogen-bond donors (Lipinski definition) is 0. The number of halogens is 1. The van der Waals surface area contributed by atoms with Crippen LogP contribution in [0.3, 0.4) is 0 Å². The van der Waals surface area contributed by atoms with Gasteiger partial charge < -0.3 is 9.64 Å². The maximum absolute atomic E-state index is 13.9. The van der Waals surface area contributed by atoms with E-state index in [4.69, 9.17) is 4.74 Å². The Hall–Kier alpha value is -1.09. The predicted molar refractivity (Wildman–Crippen MR) is 83.2 cm³/mol. The molecule has 1 aromatic carbocycles. The quantitative estimate of drug-likeness (QED) is 0.834. The highest BCUT2D eigenvalue weighted by atomic mass is 19.1. The summed E-state index contributed by atoms with van der Waals surface area (Å²) in [5.41, 5.74) is 1.13. The summed E-state index contributed by atoms with van der Waals surface area (Å²) < 4.78 is 19.1. The summed E-state index contributed by atoms with van der Waals surface area (Å²) in [6.07, 6.45) is 5.30. The third-order valence-corrected chi connectivity index (χ3v) is 5.42. The van der Waals surface area contributed by atoms with Crippen molar-refractivity contribution >= 4 is 0 Å². The lowest BCUT2D eigenvalue weighted by Crippen LogP contribution is -2.34. The first-order valence-electron chi connectivity index (χ1n) is 8.06. The minimum absolute atomic E-state index is 0.175. The van der Waals surface area contributed by atoms with E-state index in [2.05, 4.69) is 19.0 Å². The molecule has 0 N–H and O–H groups in total. The minimum Gasteiger partial charge on any atom is -0.497 e. The molecule has 21 heavy (non-hydrogen) atoms. The molecule has 2 fully saturated rings. The van der Waals surface area contributed by atoms with Crippen LogP contribution in [0.25, 0.3) is 0 Å². The van der Waals surface area contributed by atoms with E-state index in [1.807, 2.05) is 6.07 Å². The van der Waals surface area contributed by atoms with Gasteiger partial charge in [-0.2, -0.15) is 0 Å². The maximum atomic E-state index is 13.9. The summed E-state index contributed by atoms with van der Waals surface area (Å²) >= 11 is 0. The van der Waals surface area contributed by atoms with Gasteiger partial charge in [-0.1, -0.05) is 6.42 Å². The number of ether oxygens (including phenoxy) is 1. The van der Waals surface area contributed by atoms with Crippen LogP contribution < -0.4 is 4.74 Å². The highest BCUT2D eigenvalue weighted by molar-refractivity contribution is 5.33. The smallest absolute Gasteiger partial charge is 0.127 e. The second-order valence-electron chi connectivity index (χ2n) is 7.13. The monoisotopic (exact) mass is 291 g/mol. The molecule has 3 rings (SSSR count). The molecule has 4 atom stereocenters. The molecule has 116 valence electrons. The highest BCUT2D eigenvalue weighted by Gasteiger charge is 2.42. The Balaban J connectivity index is 1.92. The number of methoxy groups -OCH3 is 1. The lowest BCUT2D eigenvalue weighted by Gasteiger charge is -2.38. The normalized spacial score (nSPS) is 31.7. The van der Waals surface area contributed by atoms with Gasteiger partial charge in [0.15, 0.2) is 0 Å². The van der Waals surface area contributed by atoms with Crippen LogP contribution in [-0.2, 0) is 0 Å². The molecule has 0 aromatic heterocycles. The second kappa shape index (κ2) is 5.96. The molecular weight excluding hydrogens is 265 g/mol. The van der Waals surface area contributed by atoms with Crippen LogP contribution in [-0.4, -0.2) is 32.6 Å². The van der Waals surface area contributed by atoms with Gasteiger partial charge in [-0.3, -0.25) is 0 Å². The van der Waals surface area contributed by atoms with Gasteiger partial charge in [-0.15, -0.1) is 0 Å². The molecule has 0 spiro atoms. The van der Waals surface area contributed by atoms with Crippen LogP contribution in [0.15, 0.2) is 18.2 Å². The van der Waals surface area contributed by atoms with Crippen molar-refractivity contribution in [1.82, 2.24) is 4.90 Å². The van der Waals surface area contributed by atoms with Crippen molar-refractivity contribution in [3.05, 3.63) is 29.6 Å². The van der Waals surface area contributed by atoms with Crippen molar-refractivity contribution in [2.45, 2.75) is 31.6 Å². The zero-order valence-corrected chi connectivity index (χ0v) is 13.3. The fourth-order valence-electron chi connectivity index (χ4n) is 4.58. The third-order valence-electron chi connectivity index (χ3n) is 5.42. The Morgan fingerprint density at radius 1 is 1.19 bits per heavy atom. The van der Waals surface area contributed by atoms with E-state index in [0.29, 0.717) is 17.6 Å².